The molecule has 0 radical (unpaired) electrons. The average Bonchev–Trinajstić information content (AvgIpc) is 2.81. The molecule has 192 valence electrons. The normalized spacial score (nSPS) is 14.8. The molecule has 0 N–H and O–H groups in total. The number of carbonyl (C=O) groups is 1. The highest BCUT2D eigenvalue weighted by atomic mass is 19.4. The maximum Gasteiger partial charge on any atom is 0.507 e. The van der Waals surface area contributed by atoms with Crippen LogP contribution in [-0.4, -0.2) is 69.8 Å². The number of anilines is 2. The minimum atomic E-state index is -4.93. The molecule has 3 heterocycles. The van der Waals surface area contributed by atoms with Crippen LogP contribution < -0.4 is 15.4 Å². The van der Waals surface area contributed by atoms with Crippen molar-refractivity contribution in [3.63, 3.8) is 0 Å². The van der Waals surface area contributed by atoms with E-state index in [1.165, 1.54) is 11.0 Å². The van der Waals surface area contributed by atoms with Gasteiger partial charge in [-0.25, -0.2) is 9.97 Å². The van der Waals surface area contributed by atoms with E-state index in [1.807, 2.05) is 0 Å². The third-order valence-corrected chi connectivity index (χ3v) is 5.43. The Hall–Kier alpha value is -3.39. The summed E-state index contributed by atoms with van der Waals surface area (Å²) in [5, 5.41) is 3.39. The van der Waals surface area contributed by atoms with Crippen LogP contribution in [0, 0.1) is 0 Å². The standard InChI is InChI=1S/C20H23F6N7O2/c1-2-30(15-5-6-17(35)33(29-15)20(24,25)26)7-3-4-16(34)31-8-10-32(11-9-31)18-27-12-14(13-28-18)19(21,22)23/h5-6,12-13H,2-4,7-11H2,1H3. The molecule has 0 atom stereocenters. The molecule has 1 fully saturated rings. The number of hydrogen-bond acceptors (Lipinski definition) is 7. The molecule has 2 aromatic heterocycles. The van der Waals surface area contributed by atoms with Crippen LogP contribution in [0.5, 0.6) is 0 Å². The van der Waals surface area contributed by atoms with Gasteiger partial charge in [0.05, 0.1) is 5.56 Å². The smallest absolute Gasteiger partial charge is 0.355 e. The van der Waals surface area contributed by atoms with Crippen molar-refractivity contribution in [3.8, 4) is 0 Å². The summed E-state index contributed by atoms with van der Waals surface area (Å²) in [6, 6.07) is 2.00. The molecule has 9 nitrogen and oxygen atoms in total. The van der Waals surface area contributed by atoms with Gasteiger partial charge in [0.2, 0.25) is 11.9 Å². The Morgan fingerprint density at radius 3 is 2.20 bits per heavy atom. The highest BCUT2D eigenvalue weighted by Gasteiger charge is 2.34. The zero-order chi connectivity index (χ0) is 25.8. The van der Waals surface area contributed by atoms with Crippen molar-refractivity contribution < 1.29 is 31.1 Å². The molecule has 0 aromatic carbocycles. The minimum Gasteiger partial charge on any atom is -0.355 e. The molecule has 0 spiro atoms. The number of halogens is 6. The van der Waals surface area contributed by atoms with Gasteiger partial charge in [-0.1, -0.05) is 0 Å². The van der Waals surface area contributed by atoms with E-state index in [4.69, 9.17) is 0 Å². The van der Waals surface area contributed by atoms with E-state index in [0.29, 0.717) is 39.1 Å². The van der Waals surface area contributed by atoms with Gasteiger partial charge in [-0.3, -0.25) is 9.59 Å². The number of carbonyl (C=O) groups excluding carboxylic acids is 1. The fraction of sp³-hybridized carbons (Fsp3) is 0.550. The van der Waals surface area contributed by atoms with Gasteiger partial charge in [0, 0.05) is 64.1 Å². The molecule has 1 aliphatic heterocycles. The summed E-state index contributed by atoms with van der Waals surface area (Å²) in [6.45, 7) is 3.66. The second-order valence-corrected chi connectivity index (χ2v) is 7.73. The SMILES string of the molecule is CCN(CCCC(=O)N1CCN(c2ncc(C(F)(F)F)cn2)CC1)c1ccc(=O)n(C(F)(F)F)n1. The van der Waals surface area contributed by atoms with Crippen LogP contribution in [0.3, 0.4) is 0 Å². The third-order valence-electron chi connectivity index (χ3n) is 5.43. The van der Waals surface area contributed by atoms with Gasteiger partial charge in [0.25, 0.3) is 5.56 Å². The lowest BCUT2D eigenvalue weighted by atomic mass is 10.2. The van der Waals surface area contributed by atoms with Gasteiger partial charge in [0.15, 0.2) is 0 Å². The van der Waals surface area contributed by atoms with E-state index < -0.39 is 28.3 Å². The Morgan fingerprint density at radius 2 is 1.66 bits per heavy atom. The summed E-state index contributed by atoms with van der Waals surface area (Å²) in [5.41, 5.74) is -2.23. The fourth-order valence-corrected chi connectivity index (χ4v) is 3.55. The lowest BCUT2D eigenvalue weighted by Gasteiger charge is -2.35. The summed E-state index contributed by atoms with van der Waals surface area (Å²) < 4.78 is 76.2. The van der Waals surface area contributed by atoms with Crippen molar-refractivity contribution in [2.45, 2.75) is 32.2 Å². The Morgan fingerprint density at radius 1 is 1.03 bits per heavy atom. The monoisotopic (exact) mass is 507 g/mol. The Bertz CT molecular complexity index is 1060. The van der Waals surface area contributed by atoms with E-state index in [-0.39, 0.29) is 30.6 Å². The van der Waals surface area contributed by atoms with Crippen LogP contribution in [0.1, 0.15) is 25.3 Å². The van der Waals surface area contributed by atoms with E-state index in [2.05, 4.69) is 15.1 Å². The van der Waals surface area contributed by atoms with Gasteiger partial charge >= 0.3 is 12.5 Å². The minimum absolute atomic E-state index is 0.0259. The van der Waals surface area contributed by atoms with Gasteiger partial charge in [-0.05, 0) is 19.4 Å². The Kier molecular flexibility index (Phi) is 7.85. The average molecular weight is 507 g/mol. The van der Waals surface area contributed by atoms with Crippen molar-refractivity contribution in [2.24, 2.45) is 0 Å². The molecule has 35 heavy (non-hydrogen) atoms. The van der Waals surface area contributed by atoms with Gasteiger partial charge in [-0.15, -0.1) is 23.0 Å². The first kappa shape index (κ1) is 26.2. The molecule has 0 saturated carbocycles. The number of piperazine rings is 1. The van der Waals surface area contributed by atoms with Crippen LogP contribution in [-0.2, 0) is 17.3 Å². The van der Waals surface area contributed by atoms with Crippen molar-refractivity contribution >= 4 is 17.7 Å². The summed E-state index contributed by atoms with van der Waals surface area (Å²) in [7, 11) is 0. The molecule has 2 aromatic rings. The lowest BCUT2D eigenvalue weighted by molar-refractivity contribution is -0.215. The maximum atomic E-state index is 12.9. The van der Waals surface area contributed by atoms with Crippen molar-refractivity contribution in [3.05, 3.63) is 40.4 Å². The maximum absolute atomic E-state index is 12.9. The number of hydrogen-bond donors (Lipinski definition) is 0. The summed E-state index contributed by atoms with van der Waals surface area (Å²) in [4.78, 5) is 36.3. The summed E-state index contributed by atoms with van der Waals surface area (Å²) in [6.07, 6.45) is -7.53. The molecular weight excluding hydrogens is 484 g/mol. The Labute approximate surface area is 196 Å². The molecule has 0 unspecified atom stereocenters. The largest absolute Gasteiger partial charge is 0.507 e. The molecule has 1 saturated heterocycles. The Balaban J connectivity index is 1.49. The molecule has 15 heteroatoms. The highest BCUT2D eigenvalue weighted by Crippen LogP contribution is 2.28. The zero-order valence-electron chi connectivity index (χ0n) is 18.7. The number of rotatable bonds is 7. The van der Waals surface area contributed by atoms with Gasteiger partial charge in [-0.2, -0.15) is 13.2 Å². The lowest BCUT2D eigenvalue weighted by Crippen LogP contribution is -2.49. The summed E-state index contributed by atoms with van der Waals surface area (Å²) in [5.74, 6) is -0.0272. The van der Waals surface area contributed by atoms with Crippen LogP contribution >= 0.6 is 0 Å². The van der Waals surface area contributed by atoms with Crippen molar-refractivity contribution in [1.29, 1.82) is 0 Å². The summed E-state index contributed by atoms with van der Waals surface area (Å²) >= 11 is 0. The zero-order valence-corrected chi connectivity index (χ0v) is 18.7. The van der Waals surface area contributed by atoms with Crippen molar-refractivity contribution in [1.82, 2.24) is 24.6 Å². The molecule has 0 bridgehead atoms. The number of aromatic nitrogens is 4. The first-order valence-corrected chi connectivity index (χ1v) is 10.7. The second-order valence-electron chi connectivity index (χ2n) is 7.73. The topological polar surface area (TPSA) is 87.5 Å². The van der Waals surface area contributed by atoms with Crippen LogP contribution in [0.4, 0.5) is 38.1 Å². The molecule has 3 rings (SSSR count). The molecule has 1 amide bonds. The van der Waals surface area contributed by atoms with Crippen LogP contribution in [0.25, 0.3) is 0 Å². The van der Waals surface area contributed by atoms with Crippen molar-refractivity contribution in [2.75, 3.05) is 49.1 Å². The molecule has 0 aliphatic carbocycles. The van der Waals surface area contributed by atoms with E-state index in [1.54, 1.807) is 16.7 Å². The number of alkyl halides is 6. The van der Waals surface area contributed by atoms with Crippen LogP contribution in [0.15, 0.2) is 29.3 Å². The van der Waals surface area contributed by atoms with Crippen LogP contribution in [0.2, 0.25) is 0 Å². The quantitative estimate of drug-likeness (QED) is 0.533. The predicted molar refractivity (Wildman–Crippen MR) is 113 cm³/mol. The van der Waals surface area contributed by atoms with E-state index in [9.17, 15) is 35.9 Å². The van der Waals surface area contributed by atoms with Gasteiger partial charge < -0.3 is 14.7 Å². The fourth-order valence-electron chi connectivity index (χ4n) is 3.55. The van der Waals surface area contributed by atoms with E-state index >= 15 is 0 Å². The predicted octanol–water partition coefficient (Wildman–Crippen LogP) is 2.48. The number of amides is 1. The highest BCUT2D eigenvalue weighted by molar-refractivity contribution is 5.76. The second kappa shape index (κ2) is 10.5. The third kappa shape index (κ3) is 6.60. The number of nitrogens with zero attached hydrogens (tertiary/aromatic N) is 7. The first-order chi connectivity index (χ1) is 16.4. The molecular formula is C20H23F6N7O2. The molecule has 1 aliphatic rings. The van der Waals surface area contributed by atoms with Gasteiger partial charge in [0.1, 0.15) is 5.82 Å². The van der Waals surface area contributed by atoms with E-state index in [0.717, 1.165) is 18.5 Å². The first-order valence-electron chi connectivity index (χ1n) is 10.7.